The number of ketones is 1. The summed E-state index contributed by atoms with van der Waals surface area (Å²) in [5.41, 5.74) is 8.57. The first-order valence-corrected chi connectivity index (χ1v) is 14.1. The number of carboxylic acids is 1. The highest BCUT2D eigenvalue weighted by Gasteiger charge is 2.56. The Labute approximate surface area is 230 Å². The van der Waals surface area contributed by atoms with Crippen LogP contribution in [0.3, 0.4) is 0 Å². The summed E-state index contributed by atoms with van der Waals surface area (Å²) < 4.78 is 0. The Balaban J connectivity index is 0.000000218. The van der Waals surface area contributed by atoms with Gasteiger partial charge in [0.2, 0.25) is 0 Å². The molecule has 1 aromatic rings. The smallest absolute Gasteiger partial charge is 0.300 e. The fraction of sp³-hybridized carbons (Fsp3) is 0.774. The van der Waals surface area contributed by atoms with E-state index in [1.165, 1.54) is 36.9 Å². The molecule has 5 rings (SSSR count). The number of carbonyl (C=O) groups excluding carboxylic acids is 1. The molecule has 7 heteroatoms. The van der Waals surface area contributed by atoms with Crippen LogP contribution in [0.1, 0.15) is 118 Å². The lowest BCUT2D eigenvalue weighted by Gasteiger charge is -2.37. The summed E-state index contributed by atoms with van der Waals surface area (Å²) in [5, 5.41) is 13.3. The number of nitrogens with one attached hydrogen (secondary N) is 1. The summed E-state index contributed by atoms with van der Waals surface area (Å²) in [4.78, 5) is 29.8. The van der Waals surface area contributed by atoms with Crippen LogP contribution in [0.15, 0.2) is 12.5 Å². The van der Waals surface area contributed by atoms with Crippen LogP contribution < -0.4 is 5.73 Å². The number of Topliss-reactive ketones (excluding diaryl/α,β-unsaturated/α-hetero) is 1. The molecule has 0 radical (unpaired) electrons. The van der Waals surface area contributed by atoms with Crippen molar-refractivity contribution in [2.45, 2.75) is 113 Å². The SMILES string of the molecule is CC(=O)O.CC1(C)CC(C)(C)C2C(=O)CCCC21.CC1(C)CC(C)(C)C2c3ncncc3CCC21.N=CN. The monoisotopic (exact) mass is 528 g/mol. The minimum absolute atomic E-state index is 0.242. The van der Waals surface area contributed by atoms with Crippen LogP contribution in [0.5, 0.6) is 0 Å². The first-order chi connectivity index (χ1) is 17.4. The lowest BCUT2D eigenvalue weighted by molar-refractivity contribution is -0.134. The maximum atomic E-state index is 12.0. The lowest BCUT2D eigenvalue weighted by atomic mass is 9.68. The highest BCUT2D eigenvalue weighted by molar-refractivity contribution is 5.83. The molecule has 0 saturated heterocycles. The number of hydrogen-bond donors (Lipinski definition) is 3. The van der Waals surface area contributed by atoms with E-state index in [4.69, 9.17) is 15.3 Å². The van der Waals surface area contributed by atoms with E-state index in [1.807, 2.05) is 6.20 Å². The molecule has 0 spiro atoms. The molecule has 38 heavy (non-hydrogen) atoms. The number of nitrogens with two attached hydrogens (primary N) is 1. The number of carbonyl (C=O) groups is 2. The van der Waals surface area contributed by atoms with E-state index in [-0.39, 0.29) is 5.41 Å². The van der Waals surface area contributed by atoms with Gasteiger partial charge in [-0.15, -0.1) is 0 Å². The van der Waals surface area contributed by atoms with Crippen LogP contribution in [0.25, 0.3) is 0 Å². The van der Waals surface area contributed by atoms with Crippen molar-refractivity contribution in [3.05, 3.63) is 23.8 Å². The number of aromatic nitrogens is 2. The third-order valence-electron chi connectivity index (χ3n) is 9.45. The van der Waals surface area contributed by atoms with Crippen LogP contribution in [0.4, 0.5) is 0 Å². The van der Waals surface area contributed by atoms with E-state index < -0.39 is 5.97 Å². The standard InChI is InChI=1S/C15H22N2.C13H22O.C2H4O2.CH4N2/c1-14(2)8-15(3,4)12-11(14)6-5-10-7-16-9-17-13(10)12;1-12(2)8-13(3,4)11-9(12)6-5-7-10(11)14;1-2(3)4;2-1-3/h7,9,11-12H,5-6,8H2,1-4H3;9,11H,5-8H2,1-4H3;1H3,(H,3,4);1H,(H3,2,3). The van der Waals surface area contributed by atoms with Gasteiger partial charge >= 0.3 is 0 Å². The molecule has 0 amide bonds. The molecule has 0 bridgehead atoms. The Hall–Kier alpha value is -2.31. The average Bonchev–Trinajstić information content (AvgIpc) is 3.09. The zero-order chi connectivity index (χ0) is 29.1. The summed E-state index contributed by atoms with van der Waals surface area (Å²) in [6.45, 7) is 20.0. The van der Waals surface area contributed by atoms with E-state index in [0.717, 1.165) is 38.4 Å². The summed E-state index contributed by atoms with van der Waals surface area (Å²) in [6, 6.07) is 0. The van der Waals surface area contributed by atoms with Crippen molar-refractivity contribution in [2.75, 3.05) is 0 Å². The second-order valence-corrected chi connectivity index (χ2v) is 14.5. The van der Waals surface area contributed by atoms with E-state index in [9.17, 15) is 4.79 Å². The van der Waals surface area contributed by atoms with Gasteiger partial charge in [-0.25, -0.2) is 9.97 Å². The van der Waals surface area contributed by atoms with Crippen LogP contribution >= 0.6 is 0 Å². The number of hydrogen-bond acceptors (Lipinski definition) is 5. The second-order valence-electron chi connectivity index (χ2n) is 14.5. The molecule has 3 fully saturated rings. The van der Waals surface area contributed by atoms with Gasteiger partial charge in [0.05, 0.1) is 12.0 Å². The maximum absolute atomic E-state index is 12.0. The van der Waals surface area contributed by atoms with Crippen molar-refractivity contribution in [3.8, 4) is 0 Å². The number of aliphatic carboxylic acids is 1. The number of fused-ring (bicyclic) bond motifs is 4. The van der Waals surface area contributed by atoms with E-state index >= 15 is 0 Å². The van der Waals surface area contributed by atoms with Gasteiger partial charge in [0, 0.05) is 31.4 Å². The molecule has 4 atom stereocenters. The highest BCUT2D eigenvalue weighted by Crippen LogP contribution is 2.63. The summed E-state index contributed by atoms with van der Waals surface area (Å²) in [7, 11) is 0. The summed E-state index contributed by atoms with van der Waals surface area (Å²) >= 11 is 0. The van der Waals surface area contributed by atoms with Crippen molar-refractivity contribution in [1.82, 2.24) is 9.97 Å². The predicted molar refractivity (Wildman–Crippen MR) is 153 cm³/mol. The molecule has 4 unspecified atom stereocenters. The van der Waals surface area contributed by atoms with Crippen molar-refractivity contribution in [1.29, 1.82) is 5.41 Å². The van der Waals surface area contributed by atoms with Gasteiger partial charge in [0.1, 0.15) is 12.1 Å². The van der Waals surface area contributed by atoms with Crippen molar-refractivity contribution >= 4 is 18.1 Å². The normalized spacial score (nSPS) is 30.3. The Morgan fingerprint density at radius 1 is 0.947 bits per heavy atom. The third-order valence-corrected chi connectivity index (χ3v) is 9.45. The molecule has 4 aliphatic rings. The number of carboxylic acid groups (broad SMARTS) is 1. The number of rotatable bonds is 0. The van der Waals surface area contributed by atoms with Crippen molar-refractivity contribution in [2.24, 2.45) is 45.1 Å². The first-order valence-electron chi connectivity index (χ1n) is 14.1. The topological polar surface area (TPSA) is 130 Å². The zero-order valence-electron chi connectivity index (χ0n) is 25.2. The molecule has 4 aliphatic carbocycles. The quantitative estimate of drug-likeness (QED) is 0.255. The molecule has 3 saturated carbocycles. The van der Waals surface area contributed by atoms with Crippen molar-refractivity contribution < 1.29 is 14.7 Å². The third kappa shape index (κ3) is 7.01. The van der Waals surface area contributed by atoms with Crippen LogP contribution in [-0.4, -0.2) is 33.2 Å². The minimum Gasteiger partial charge on any atom is -0.481 e. The molecule has 4 N–H and O–H groups in total. The van der Waals surface area contributed by atoms with E-state index in [1.54, 1.807) is 6.33 Å². The van der Waals surface area contributed by atoms with Crippen LogP contribution in [0.2, 0.25) is 0 Å². The van der Waals surface area contributed by atoms with Gasteiger partial charge in [0.25, 0.3) is 5.97 Å². The number of aryl methyl sites for hydroxylation is 1. The minimum atomic E-state index is -0.833. The maximum Gasteiger partial charge on any atom is 0.300 e. The van der Waals surface area contributed by atoms with Crippen LogP contribution in [-0.2, 0) is 16.0 Å². The number of nitrogens with zero attached hydrogens (tertiary/aromatic N) is 2. The molecule has 1 aromatic heterocycles. The Morgan fingerprint density at radius 3 is 1.92 bits per heavy atom. The Kier molecular flexibility index (Phi) is 9.93. The fourth-order valence-electron chi connectivity index (χ4n) is 8.96. The lowest BCUT2D eigenvalue weighted by Crippen LogP contribution is -2.35. The molecular formula is C31H52N4O3. The van der Waals surface area contributed by atoms with Crippen LogP contribution in [0, 0.1) is 44.8 Å². The summed E-state index contributed by atoms with van der Waals surface area (Å²) in [6.07, 6.45) is 12.7. The average molecular weight is 529 g/mol. The van der Waals surface area contributed by atoms with Gasteiger partial charge < -0.3 is 10.8 Å². The zero-order valence-corrected chi connectivity index (χ0v) is 25.2. The van der Waals surface area contributed by atoms with E-state index in [0.29, 0.717) is 39.8 Å². The largest absolute Gasteiger partial charge is 0.481 e. The molecule has 1 heterocycles. The van der Waals surface area contributed by atoms with Gasteiger partial charge in [-0.05, 0) is 77.6 Å². The summed E-state index contributed by atoms with van der Waals surface area (Å²) in [5.74, 6) is 2.13. The molecule has 0 aliphatic heterocycles. The molecular weight excluding hydrogens is 476 g/mol. The van der Waals surface area contributed by atoms with Gasteiger partial charge in [-0.3, -0.25) is 15.0 Å². The molecule has 0 aromatic carbocycles. The predicted octanol–water partition coefficient (Wildman–Crippen LogP) is 6.65. The van der Waals surface area contributed by atoms with Crippen molar-refractivity contribution in [3.63, 3.8) is 0 Å². The fourth-order valence-corrected chi connectivity index (χ4v) is 8.96. The first kappa shape index (κ1) is 31.9. The van der Waals surface area contributed by atoms with Gasteiger partial charge in [-0.1, -0.05) is 55.4 Å². The Bertz CT molecular complexity index is 995. The molecule has 214 valence electrons. The van der Waals surface area contributed by atoms with E-state index in [2.05, 4.69) is 71.1 Å². The second kappa shape index (κ2) is 11.8. The molecule has 7 nitrogen and oxygen atoms in total. The van der Waals surface area contributed by atoms with Gasteiger partial charge in [0.15, 0.2) is 0 Å². The highest BCUT2D eigenvalue weighted by atomic mass is 16.4. The van der Waals surface area contributed by atoms with Gasteiger partial charge in [-0.2, -0.15) is 0 Å². The Morgan fingerprint density at radius 2 is 1.42 bits per heavy atom.